The van der Waals surface area contributed by atoms with E-state index in [1.54, 1.807) is 18.2 Å². The first-order valence-corrected chi connectivity index (χ1v) is 9.44. The molecule has 0 aliphatic heterocycles. The number of nitrogens with one attached hydrogen (secondary N) is 1. The van der Waals surface area contributed by atoms with Crippen LogP contribution in [0, 0.1) is 0 Å². The molecule has 0 unspecified atom stereocenters. The number of nitrogens with zero attached hydrogens (tertiary/aromatic N) is 2. The van der Waals surface area contributed by atoms with Gasteiger partial charge in [0.15, 0.2) is 5.78 Å². The minimum absolute atomic E-state index is 0.00425. The molecule has 5 nitrogen and oxygen atoms in total. The van der Waals surface area contributed by atoms with E-state index in [0.717, 1.165) is 11.0 Å². The van der Waals surface area contributed by atoms with Crippen molar-refractivity contribution < 1.29 is 9.59 Å². The third-order valence-corrected chi connectivity index (χ3v) is 5.15. The summed E-state index contributed by atoms with van der Waals surface area (Å²) in [5.41, 5.74) is 2.34. The first-order chi connectivity index (χ1) is 13.2. The number of para-hydroxylation sites is 2. The van der Waals surface area contributed by atoms with Gasteiger partial charge in [-0.25, -0.2) is 4.98 Å². The number of ketones is 1. The summed E-state index contributed by atoms with van der Waals surface area (Å²) in [4.78, 5) is 30.2. The average molecular weight is 375 g/mol. The summed E-state index contributed by atoms with van der Waals surface area (Å²) < 4.78 is 1.87. The molecule has 27 heavy (non-hydrogen) atoms. The number of fused-ring (bicyclic) bond motifs is 1. The molecular formula is C21H17N3O2S. The van der Waals surface area contributed by atoms with Gasteiger partial charge < -0.3 is 9.88 Å². The van der Waals surface area contributed by atoms with Gasteiger partial charge in [-0.05, 0) is 23.6 Å². The van der Waals surface area contributed by atoms with Gasteiger partial charge in [0.05, 0.1) is 29.0 Å². The number of thiophene rings is 1. The van der Waals surface area contributed by atoms with Gasteiger partial charge in [0, 0.05) is 5.56 Å². The number of rotatable bonds is 6. The van der Waals surface area contributed by atoms with Gasteiger partial charge in [-0.15, -0.1) is 11.3 Å². The Morgan fingerprint density at radius 2 is 1.74 bits per heavy atom. The molecule has 2 heterocycles. The Bertz CT molecular complexity index is 1090. The Kier molecular flexibility index (Phi) is 4.80. The van der Waals surface area contributed by atoms with Crippen LogP contribution < -0.4 is 5.32 Å². The van der Waals surface area contributed by atoms with Crippen LogP contribution in [-0.4, -0.2) is 21.2 Å². The number of Topliss-reactive ketones (excluding diaryl/α,β-unsaturated/α-hetero) is 1. The third-order valence-electron chi connectivity index (χ3n) is 4.28. The van der Waals surface area contributed by atoms with Crippen molar-refractivity contribution in [1.29, 1.82) is 0 Å². The van der Waals surface area contributed by atoms with E-state index < -0.39 is 0 Å². The molecule has 4 aromatic rings. The minimum atomic E-state index is -0.141. The van der Waals surface area contributed by atoms with Gasteiger partial charge >= 0.3 is 0 Å². The number of hydrogen-bond donors (Lipinski definition) is 1. The summed E-state index contributed by atoms with van der Waals surface area (Å²) in [7, 11) is 0. The van der Waals surface area contributed by atoms with Crippen LogP contribution in [0.25, 0.3) is 11.0 Å². The molecule has 0 saturated carbocycles. The highest BCUT2D eigenvalue weighted by molar-refractivity contribution is 7.12. The molecule has 0 aliphatic rings. The molecule has 0 aliphatic carbocycles. The van der Waals surface area contributed by atoms with Gasteiger partial charge in [-0.2, -0.15) is 0 Å². The zero-order valence-corrected chi connectivity index (χ0v) is 15.3. The lowest BCUT2D eigenvalue weighted by molar-refractivity contribution is 0.0953. The lowest BCUT2D eigenvalue weighted by Gasteiger charge is -2.09. The Balaban J connectivity index is 1.61. The van der Waals surface area contributed by atoms with E-state index in [1.165, 1.54) is 11.3 Å². The second-order valence-corrected chi connectivity index (χ2v) is 7.00. The van der Waals surface area contributed by atoms with E-state index in [-0.39, 0.29) is 24.8 Å². The van der Waals surface area contributed by atoms with Crippen LogP contribution in [-0.2, 0) is 13.1 Å². The topological polar surface area (TPSA) is 64.0 Å². The van der Waals surface area contributed by atoms with Gasteiger partial charge in [0.2, 0.25) is 0 Å². The molecule has 0 bridgehead atoms. The molecule has 134 valence electrons. The normalized spacial score (nSPS) is 10.8. The molecule has 2 aromatic carbocycles. The fraction of sp³-hybridized carbons (Fsp3) is 0.0952. The Morgan fingerprint density at radius 3 is 2.52 bits per heavy atom. The lowest BCUT2D eigenvalue weighted by Crippen LogP contribution is -2.25. The fourth-order valence-corrected chi connectivity index (χ4v) is 3.59. The van der Waals surface area contributed by atoms with Gasteiger partial charge in [-0.1, -0.05) is 48.5 Å². The van der Waals surface area contributed by atoms with Crippen LogP contribution in [0.3, 0.4) is 0 Å². The van der Waals surface area contributed by atoms with E-state index in [4.69, 9.17) is 0 Å². The zero-order chi connectivity index (χ0) is 18.6. The van der Waals surface area contributed by atoms with E-state index in [1.807, 2.05) is 58.5 Å². The SMILES string of the molecule is O=C(Cn1c(CNC(=O)c2cccs2)nc2ccccc21)c1ccccc1. The third kappa shape index (κ3) is 3.66. The zero-order valence-electron chi connectivity index (χ0n) is 14.5. The number of carbonyl (C=O) groups excluding carboxylic acids is 2. The number of amides is 1. The van der Waals surface area contributed by atoms with E-state index in [0.29, 0.717) is 16.3 Å². The smallest absolute Gasteiger partial charge is 0.261 e. The van der Waals surface area contributed by atoms with Crippen molar-refractivity contribution in [3.63, 3.8) is 0 Å². The monoisotopic (exact) mass is 375 g/mol. The van der Waals surface area contributed by atoms with Crippen molar-refractivity contribution in [1.82, 2.24) is 14.9 Å². The van der Waals surface area contributed by atoms with Gasteiger partial charge in [0.1, 0.15) is 5.82 Å². The summed E-state index contributed by atoms with van der Waals surface area (Å²) in [5.74, 6) is 0.521. The maximum atomic E-state index is 12.7. The molecule has 0 fully saturated rings. The lowest BCUT2D eigenvalue weighted by atomic mass is 10.1. The summed E-state index contributed by atoms with van der Waals surface area (Å²) in [5, 5.41) is 4.76. The van der Waals surface area contributed by atoms with Crippen LogP contribution in [0.1, 0.15) is 25.9 Å². The van der Waals surface area contributed by atoms with Crippen LogP contribution in [0.15, 0.2) is 72.1 Å². The highest BCUT2D eigenvalue weighted by Crippen LogP contribution is 2.17. The number of carbonyl (C=O) groups is 2. The minimum Gasteiger partial charge on any atom is -0.344 e. The van der Waals surface area contributed by atoms with Gasteiger partial charge in [-0.3, -0.25) is 9.59 Å². The Morgan fingerprint density at radius 1 is 0.963 bits per heavy atom. The largest absolute Gasteiger partial charge is 0.344 e. The molecule has 6 heteroatoms. The Labute approximate surface area is 160 Å². The quantitative estimate of drug-likeness (QED) is 0.520. The standard InChI is InChI=1S/C21H17N3O2S/c25-18(15-7-2-1-3-8-15)14-24-17-10-5-4-9-16(17)23-20(24)13-22-21(26)19-11-6-12-27-19/h1-12H,13-14H2,(H,22,26). The molecule has 1 amide bonds. The first-order valence-electron chi connectivity index (χ1n) is 8.56. The highest BCUT2D eigenvalue weighted by atomic mass is 32.1. The van der Waals surface area contributed by atoms with Crippen molar-refractivity contribution in [3.8, 4) is 0 Å². The number of imidazole rings is 1. The summed E-state index contributed by atoms with van der Waals surface area (Å²) >= 11 is 1.39. The predicted molar refractivity (Wildman–Crippen MR) is 106 cm³/mol. The van der Waals surface area contributed by atoms with Crippen molar-refractivity contribution in [3.05, 3.63) is 88.4 Å². The maximum absolute atomic E-state index is 12.7. The molecule has 0 radical (unpaired) electrons. The van der Waals surface area contributed by atoms with E-state index >= 15 is 0 Å². The molecule has 4 rings (SSSR count). The maximum Gasteiger partial charge on any atom is 0.261 e. The number of benzene rings is 2. The second-order valence-electron chi connectivity index (χ2n) is 6.05. The first kappa shape index (κ1) is 17.2. The molecule has 0 spiro atoms. The van der Waals surface area contributed by atoms with E-state index in [2.05, 4.69) is 10.3 Å². The van der Waals surface area contributed by atoms with Crippen molar-refractivity contribution in [2.45, 2.75) is 13.1 Å². The molecule has 0 atom stereocenters. The predicted octanol–water partition coefficient (Wildman–Crippen LogP) is 3.91. The van der Waals surface area contributed by atoms with Gasteiger partial charge in [0.25, 0.3) is 5.91 Å². The number of aromatic nitrogens is 2. The van der Waals surface area contributed by atoms with Crippen LogP contribution in [0.2, 0.25) is 0 Å². The highest BCUT2D eigenvalue weighted by Gasteiger charge is 2.16. The van der Waals surface area contributed by atoms with Crippen LogP contribution in [0.5, 0.6) is 0 Å². The van der Waals surface area contributed by atoms with Crippen molar-refractivity contribution >= 4 is 34.1 Å². The van der Waals surface area contributed by atoms with Crippen molar-refractivity contribution in [2.24, 2.45) is 0 Å². The average Bonchev–Trinajstić information content (AvgIpc) is 3.36. The summed E-state index contributed by atoms with van der Waals surface area (Å²) in [6.45, 7) is 0.433. The molecule has 0 saturated heterocycles. The van der Waals surface area contributed by atoms with Crippen LogP contribution >= 0.6 is 11.3 Å². The van der Waals surface area contributed by atoms with Crippen molar-refractivity contribution in [2.75, 3.05) is 0 Å². The second kappa shape index (κ2) is 7.55. The Hall–Kier alpha value is -3.25. The fourth-order valence-electron chi connectivity index (χ4n) is 2.95. The summed E-state index contributed by atoms with van der Waals surface area (Å²) in [6.07, 6.45) is 0. The molecule has 2 aromatic heterocycles. The molecular weight excluding hydrogens is 358 g/mol. The summed E-state index contributed by atoms with van der Waals surface area (Å²) in [6, 6.07) is 20.5. The van der Waals surface area contributed by atoms with Crippen LogP contribution in [0.4, 0.5) is 0 Å². The van der Waals surface area contributed by atoms with E-state index in [9.17, 15) is 9.59 Å². The number of hydrogen-bond acceptors (Lipinski definition) is 4. The molecule has 1 N–H and O–H groups in total.